The number of rotatable bonds is 7. The third-order valence-corrected chi connectivity index (χ3v) is 5.83. The highest BCUT2D eigenvalue weighted by Gasteiger charge is 2.39. The lowest BCUT2D eigenvalue weighted by Gasteiger charge is -2.16. The Hall–Kier alpha value is -4.06. The molecule has 3 aromatic carbocycles. The fraction of sp³-hybridized carbons (Fsp3) is 0.185. The number of anilines is 1. The first-order chi connectivity index (χ1) is 15.9. The molecule has 3 aromatic rings. The van der Waals surface area contributed by atoms with Gasteiger partial charge in [0.15, 0.2) is 0 Å². The van der Waals surface area contributed by atoms with E-state index in [1.54, 1.807) is 20.3 Å². The van der Waals surface area contributed by atoms with Crippen molar-refractivity contribution < 1.29 is 19.1 Å². The Morgan fingerprint density at radius 2 is 1.55 bits per heavy atom. The predicted molar refractivity (Wildman–Crippen MR) is 128 cm³/mol. The first-order valence-corrected chi connectivity index (χ1v) is 10.6. The maximum Gasteiger partial charge on any atom is 0.278 e. The molecule has 0 aliphatic carbocycles. The van der Waals surface area contributed by atoms with Crippen molar-refractivity contribution >= 4 is 23.1 Å². The molecule has 168 valence electrons. The van der Waals surface area contributed by atoms with Gasteiger partial charge in [-0.15, -0.1) is 0 Å². The van der Waals surface area contributed by atoms with Crippen molar-refractivity contribution in [3.05, 3.63) is 94.7 Å². The molecule has 0 radical (unpaired) electrons. The molecule has 0 unspecified atom stereocenters. The number of amides is 2. The van der Waals surface area contributed by atoms with E-state index in [0.29, 0.717) is 28.3 Å². The van der Waals surface area contributed by atoms with Gasteiger partial charge >= 0.3 is 0 Å². The van der Waals surface area contributed by atoms with Crippen molar-refractivity contribution in [3.63, 3.8) is 0 Å². The van der Waals surface area contributed by atoms with Crippen LogP contribution in [0.1, 0.15) is 22.3 Å². The van der Waals surface area contributed by atoms with Gasteiger partial charge in [-0.1, -0.05) is 42.5 Å². The summed E-state index contributed by atoms with van der Waals surface area (Å²) in [7, 11) is 3.16. The summed E-state index contributed by atoms with van der Waals surface area (Å²) in [5.41, 5.74) is 4.89. The number of nitrogens with one attached hydrogen (secondary N) is 1. The summed E-state index contributed by atoms with van der Waals surface area (Å²) >= 11 is 0. The van der Waals surface area contributed by atoms with Gasteiger partial charge in [-0.05, 0) is 60.4 Å². The Balaban J connectivity index is 1.75. The topological polar surface area (TPSA) is 67.9 Å². The Labute approximate surface area is 193 Å². The minimum absolute atomic E-state index is 0.160. The summed E-state index contributed by atoms with van der Waals surface area (Å²) in [6, 6.07) is 20.4. The van der Waals surface area contributed by atoms with Crippen LogP contribution in [-0.2, 0) is 16.1 Å². The van der Waals surface area contributed by atoms with Gasteiger partial charge in [0.1, 0.15) is 17.2 Å². The summed E-state index contributed by atoms with van der Waals surface area (Å²) < 4.78 is 10.6. The van der Waals surface area contributed by atoms with Crippen molar-refractivity contribution in [2.75, 3.05) is 19.5 Å². The fourth-order valence-electron chi connectivity index (χ4n) is 3.80. The molecule has 33 heavy (non-hydrogen) atoms. The van der Waals surface area contributed by atoms with Crippen molar-refractivity contribution in [2.45, 2.75) is 20.4 Å². The predicted octanol–water partition coefficient (Wildman–Crippen LogP) is 4.71. The number of benzene rings is 3. The standard InChI is InChI=1S/C27H26N2O4/c1-17-9-12-20(15-18(17)2)24-25(28-22-7-5-6-8-23(22)33-4)27(31)29(26(24)30)16-19-10-13-21(32-3)14-11-19/h5-15,28H,16H2,1-4H3. The maximum absolute atomic E-state index is 13.5. The van der Waals surface area contributed by atoms with E-state index in [9.17, 15) is 9.59 Å². The highest BCUT2D eigenvalue weighted by Crippen LogP contribution is 2.34. The fourth-order valence-corrected chi connectivity index (χ4v) is 3.80. The molecule has 2 amide bonds. The summed E-state index contributed by atoms with van der Waals surface area (Å²) in [5, 5.41) is 3.18. The first-order valence-electron chi connectivity index (χ1n) is 10.6. The molecule has 0 atom stereocenters. The largest absolute Gasteiger partial charge is 0.497 e. The van der Waals surface area contributed by atoms with Crippen molar-refractivity contribution in [1.82, 2.24) is 4.90 Å². The molecule has 0 bridgehead atoms. The second kappa shape index (κ2) is 9.20. The molecular weight excluding hydrogens is 416 g/mol. The van der Waals surface area contributed by atoms with Crippen LogP contribution in [0.25, 0.3) is 5.57 Å². The highest BCUT2D eigenvalue weighted by atomic mass is 16.5. The van der Waals surface area contributed by atoms with Gasteiger partial charge in [-0.3, -0.25) is 14.5 Å². The Morgan fingerprint density at radius 1 is 0.818 bits per heavy atom. The third-order valence-electron chi connectivity index (χ3n) is 5.83. The molecule has 6 heteroatoms. The van der Waals surface area contributed by atoms with Gasteiger partial charge < -0.3 is 14.8 Å². The van der Waals surface area contributed by atoms with Crippen LogP contribution in [0.15, 0.2) is 72.4 Å². The van der Waals surface area contributed by atoms with E-state index in [1.165, 1.54) is 4.90 Å². The molecule has 0 fully saturated rings. The quantitative estimate of drug-likeness (QED) is 0.537. The molecular formula is C27H26N2O4. The summed E-state index contributed by atoms with van der Waals surface area (Å²) in [4.78, 5) is 28.3. The molecule has 1 aliphatic heterocycles. The zero-order valence-corrected chi connectivity index (χ0v) is 19.1. The molecule has 6 nitrogen and oxygen atoms in total. The van der Waals surface area contributed by atoms with Crippen LogP contribution >= 0.6 is 0 Å². The van der Waals surface area contributed by atoms with Gasteiger partial charge in [0, 0.05) is 0 Å². The van der Waals surface area contributed by atoms with Gasteiger partial charge in [0.05, 0.1) is 32.0 Å². The number of hydrogen-bond acceptors (Lipinski definition) is 5. The number of hydrogen-bond donors (Lipinski definition) is 1. The van der Waals surface area contributed by atoms with Crippen molar-refractivity contribution in [2.24, 2.45) is 0 Å². The van der Waals surface area contributed by atoms with E-state index in [4.69, 9.17) is 9.47 Å². The number of para-hydroxylation sites is 2. The molecule has 1 aliphatic rings. The van der Waals surface area contributed by atoms with E-state index < -0.39 is 0 Å². The lowest BCUT2D eigenvalue weighted by atomic mass is 9.99. The lowest BCUT2D eigenvalue weighted by molar-refractivity contribution is -0.137. The van der Waals surface area contributed by atoms with Gasteiger partial charge in [0.25, 0.3) is 11.8 Å². The molecule has 0 spiro atoms. The Morgan fingerprint density at radius 3 is 2.21 bits per heavy atom. The summed E-state index contributed by atoms with van der Waals surface area (Å²) in [5.74, 6) is 0.579. The molecule has 1 heterocycles. The lowest BCUT2D eigenvalue weighted by Crippen LogP contribution is -2.32. The first kappa shape index (κ1) is 22.1. The average Bonchev–Trinajstić information content (AvgIpc) is 3.06. The second-order valence-electron chi connectivity index (χ2n) is 7.92. The number of carbonyl (C=O) groups excluding carboxylic acids is 2. The second-order valence-corrected chi connectivity index (χ2v) is 7.92. The minimum Gasteiger partial charge on any atom is -0.497 e. The van der Waals surface area contributed by atoms with Gasteiger partial charge in [-0.25, -0.2) is 0 Å². The van der Waals surface area contributed by atoms with Gasteiger partial charge in [0.2, 0.25) is 0 Å². The van der Waals surface area contributed by atoms with Crippen molar-refractivity contribution in [1.29, 1.82) is 0 Å². The van der Waals surface area contributed by atoms with E-state index >= 15 is 0 Å². The molecule has 1 N–H and O–H groups in total. The number of methoxy groups -OCH3 is 2. The Bertz CT molecular complexity index is 1250. The van der Waals surface area contributed by atoms with E-state index in [0.717, 1.165) is 16.7 Å². The smallest absolute Gasteiger partial charge is 0.278 e. The zero-order chi connectivity index (χ0) is 23.5. The van der Waals surface area contributed by atoms with Crippen LogP contribution in [0.2, 0.25) is 0 Å². The minimum atomic E-state index is -0.380. The highest BCUT2D eigenvalue weighted by molar-refractivity contribution is 6.36. The third kappa shape index (κ3) is 4.32. The molecule has 0 saturated heterocycles. The molecule has 0 saturated carbocycles. The number of imide groups is 1. The number of ether oxygens (including phenoxy) is 2. The van der Waals surface area contributed by atoms with Crippen LogP contribution in [-0.4, -0.2) is 30.9 Å². The van der Waals surface area contributed by atoms with Crippen LogP contribution in [0.4, 0.5) is 5.69 Å². The van der Waals surface area contributed by atoms with Crippen LogP contribution in [0.3, 0.4) is 0 Å². The molecule has 0 aromatic heterocycles. The normalized spacial score (nSPS) is 13.5. The average molecular weight is 443 g/mol. The Kier molecular flexibility index (Phi) is 6.18. The van der Waals surface area contributed by atoms with Crippen LogP contribution in [0, 0.1) is 13.8 Å². The van der Waals surface area contributed by atoms with Crippen LogP contribution < -0.4 is 14.8 Å². The van der Waals surface area contributed by atoms with E-state index in [1.807, 2.05) is 74.5 Å². The van der Waals surface area contributed by atoms with Crippen LogP contribution in [0.5, 0.6) is 11.5 Å². The van der Waals surface area contributed by atoms with Gasteiger partial charge in [-0.2, -0.15) is 0 Å². The monoisotopic (exact) mass is 442 g/mol. The summed E-state index contributed by atoms with van der Waals surface area (Å²) in [6.45, 7) is 4.16. The van der Waals surface area contributed by atoms with E-state index in [-0.39, 0.29) is 24.1 Å². The molecule has 4 rings (SSSR count). The van der Waals surface area contributed by atoms with E-state index in [2.05, 4.69) is 5.32 Å². The number of aryl methyl sites for hydroxylation is 2. The van der Waals surface area contributed by atoms with Crippen molar-refractivity contribution in [3.8, 4) is 11.5 Å². The zero-order valence-electron chi connectivity index (χ0n) is 19.1. The SMILES string of the molecule is COc1ccc(CN2C(=O)C(Nc3ccccc3OC)=C(c3ccc(C)c(C)c3)C2=O)cc1. The maximum atomic E-state index is 13.5. The number of carbonyl (C=O) groups is 2. The number of nitrogens with zero attached hydrogens (tertiary/aromatic N) is 1. The summed E-state index contributed by atoms with van der Waals surface area (Å²) in [6.07, 6.45) is 0.